The highest BCUT2D eigenvalue weighted by atomic mass is 32.2. The predicted molar refractivity (Wildman–Crippen MR) is 96.5 cm³/mol. The van der Waals surface area contributed by atoms with E-state index in [9.17, 15) is 22.0 Å². The van der Waals surface area contributed by atoms with Gasteiger partial charge in [0, 0.05) is 38.6 Å². The van der Waals surface area contributed by atoms with Crippen molar-refractivity contribution >= 4 is 15.9 Å². The van der Waals surface area contributed by atoms with E-state index in [4.69, 9.17) is 0 Å². The number of amides is 1. The molecular weight excluding hydrogens is 376 g/mol. The van der Waals surface area contributed by atoms with Crippen LogP contribution in [-0.4, -0.2) is 74.7 Å². The van der Waals surface area contributed by atoms with Gasteiger partial charge in [-0.2, -0.15) is 4.31 Å². The lowest BCUT2D eigenvalue weighted by molar-refractivity contribution is -0.136. The van der Waals surface area contributed by atoms with Crippen molar-refractivity contribution in [3.8, 4) is 0 Å². The molecule has 0 atom stereocenters. The van der Waals surface area contributed by atoms with Crippen LogP contribution in [0.15, 0.2) is 23.1 Å². The summed E-state index contributed by atoms with van der Waals surface area (Å²) in [5, 5.41) is 0. The molecule has 1 amide bonds. The van der Waals surface area contributed by atoms with Crippen molar-refractivity contribution in [3.05, 3.63) is 29.8 Å². The summed E-state index contributed by atoms with van der Waals surface area (Å²) in [6, 6.07) is 2.41. The topological polar surface area (TPSA) is 60.9 Å². The maximum absolute atomic E-state index is 13.9. The van der Waals surface area contributed by atoms with Gasteiger partial charge in [-0.3, -0.25) is 4.79 Å². The fourth-order valence-electron chi connectivity index (χ4n) is 3.68. The minimum Gasteiger partial charge on any atom is -0.341 e. The second kappa shape index (κ2) is 8.20. The molecule has 0 saturated carbocycles. The number of carbonyl (C=O) groups excluding carboxylic acids is 1. The lowest BCUT2D eigenvalue weighted by atomic mass is 9.96. The minimum absolute atomic E-state index is 0.0688. The maximum atomic E-state index is 13.9. The fraction of sp³-hybridized carbons (Fsp3) is 0.611. The Balaban J connectivity index is 1.64. The summed E-state index contributed by atoms with van der Waals surface area (Å²) in [7, 11) is -2.08. The van der Waals surface area contributed by atoms with Gasteiger partial charge in [-0.25, -0.2) is 17.2 Å². The first-order valence-corrected chi connectivity index (χ1v) is 10.7. The number of piperidine rings is 1. The first-order chi connectivity index (χ1) is 12.8. The summed E-state index contributed by atoms with van der Waals surface area (Å²) in [6.45, 7) is 3.45. The van der Waals surface area contributed by atoms with Crippen LogP contribution >= 0.6 is 0 Å². The molecule has 6 nitrogen and oxygen atoms in total. The zero-order valence-corrected chi connectivity index (χ0v) is 16.2. The molecule has 0 bridgehead atoms. The van der Waals surface area contributed by atoms with E-state index >= 15 is 0 Å². The molecule has 1 aromatic carbocycles. The molecule has 2 aliphatic heterocycles. The normalized spacial score (nSPS) is 21.2. The molecule has 0 aromatic heterocycles. The summed E-state index contributed by atoms with van der Waals surface area (Å²) in [5.74, 6) is -1.93. The van der Waals surface area contributed by atoms with Gasteiger partial charge in [-0.15, -0.1) is 0 Å². The minimum atomic E-state index is -4.12. The van der Waals surface area contributed by atoms with Gasteiger partial charge in [0.25, 0.3) is 0 Å². The molecule has 3 rings (SSSR count). The van der Waals surface area contributed by atoms with Crippen molar-refractivity contribution in [1.29, 1.82) is 0 Å². The van der Waals surface area contributed by atoms with E-state index in [-0.39, 0.29) is 24.9 Å². The van der Waals surface area contributed by atoms with Gasteiger partial charge in [-0.1, -0.05) is 0 Å². The standard InChI is InChI=1S/C18H25F2N3O3S/c1-21-7-2-8-22(12-11-21)18(24)14-5-9-23(10-6-14)27(25,26)17-13-15(19)3-4-16(17)20/h3-4,13-14H,2,5-12H2,1H3. The van der Waals surface area contributed by atoms with E-state index in [2.05, 4.69) is 4.90 Å². The van der Waals surface area contributed by atoms with Crippen LogP contribution in [-0.2, 0) is 14.8 Å². The molecule has 0 aliphatic carbocycles. The third-order valence-corrected chi connectivity index (χ3v) is 7.26. The van der Waals surface area contributed by atoms with E-state index in [0.717, 1.165) is 42.5 Å². The van der Waals surface area contributed by atoms with Gasteiger partial charge in [0.05, 0.1) is 0 Å². The van der Waals surface area contributed by atoms with E-state index in [0.29, 0.717) is 25.5 Å². The third-order valence-electron chi connectivity index (χ3n) is 5.35. The van der Waals surface area contributed by atoms with Crippen molar-refractivity contribution in [2.75, 3.05) is 46.3 Å². The highest BCUT2D eigenvalue weighted by Gasteiger charge is 2.35. The predicted octanol–water partition coefficient (Wildman–Crippen LogP) is 1.53. The molecule has 1 aromatic rings. The third kappa shape index (κ3) is 4.47. The van der Waals surface area contributed by atoms with Crippen molar-refractivity contribution < 1.29 is 22.0 Å². The molecule has 9 heteroatoms. The zero-order valence-electron chi connectivity index (χ0n) is 15.4. The van der Waals surface area contributed by atoms with Crippen LogP contribution in [0.3, 0.4) is 0 Å². The number of hydrogen-bond donors (Lipinski definition) is 0. The molecule has 27 heavy (non-hydrogen) atoms. The van der Waals surface area contributed by atoms with E-state index in [1.54, 1.807) is 0 Å². The number of likely N-dealkylation sites (N-methyl/N-ethyl adjacent to an activating group) is 1. The number of benzene rings is 1. The molecule has 150 valence electrons. The second-order valence-electron chi connectivity index (χ2n) is 7.24. The van der Waals surface area contributed by atoms with Gasteiger partial charge < -0.3 is 9.80 Å². The molecule has 0 unspecified atom stereocenters. The highest BCUT2D eigenvalue weighted by Crippen LogP contribution is 2.27. The molecule has 2 fully saturated rings. The van der Waals surface area contributed by atoms with E-state index in [1.807, 2.05) is 11.9 Å². The maximum Gasteiger partial charge on any atom is 0.246 e. The number of rotatable bonds is 3. The van der Waals surface area contributed by atoms with Crippen molar-refractivity contribution in [2.45, 2.75) is 24.2 Å². The fourth-order valence-corrected chi connectivity index (χ4v) is 5.23. The van der Waals surface area contributed by atoms with Crippen LogP contribution in [0.2, 0.25) is 0 Å². The Morgan fingerprint density at radius 2 is 1.74 bits per heavy atom. The van der Waals surface area contributed by atoms with E-state index < -0.39 is 26.6 Å². The van der Waals surface area contributed by atoms with Crippen LogP contribution < -0.4 is 0 Å². The Hall–Kier alpha value is -1.58. The largest absolute Gasteiger partial charge is 0.341 e. The Kier molecular flexibility index (Phi) is 6.12. The average molecular weight is 401 g/mol. The number of nitrogens with zero attached hydrogens (tertiary/aromatic N) is 3. The molecule has 0 N–H and O–H groups in total. The molecule has 2 aliphatic rings. The summed E-state index contributed by atoms with van der Waals surface area (Å²) < 4.78 is 53.7. The van der Waals surface area contributed by atoms with Gasteiger partial charge in [-0.05, 0) is 51.1 Å². The Bertz CT molecular complexity index is 795. The first-order valence-electron chi connectivity index (χ1n) is 9.21. The number of sulfonamides is 1. The lowest BCUT2D eigenvalue weighted by Crippen LogP contribution is -2.45. The van der Waals surface area contributed by atoms with E-state index in [1.165, 1.54) is 0 Å². The zero-order chi connectivity index (χ0) is 19.6. The SMILES string of the molecule is CN1CCCN(C(=O)C2CCN(S(=O)(=O)c3cc(F)ccc3F)CC2)CC1. The van der Waals surface area contributed by atoms with Crippen LogP contribution in [0.25, 0.3) is 0 Å². The second-order valence-corrected chi connectivity index (χ2v) is 9.14. The van der Waals surface area contributed by atoms with Gasteiger partial charge >= 0.3 is 0 Å². The number of carbonyl (C=O) groups is 1. The van der Waals surface area contributed by atoms with Crippen LogP contribution in [0, 0.1) is 17.6 Å². The van der Waals surface area contributed by atoms with Crippen molar-refractivity contribution in [3.63, 3.8) is 0 Å². The summed E-state index contributed by atoms with van der Waals surface area (Å²) in [4.78, 5) is 16.2. The molecule has 0 spiro atoms. The average Bonchev–Trinajstić information content (AvgIpc) is 2.87. The molecule has 2 saturated heterocycles. The lowest BCUT2D eigenvalue weighted by Gasteiger charge is -2.33. The van der Waals surface area contributed by atoms with Crippen LogP contribution in [0.1, 0.15) is 19.3 Å². The summed E-state index contributed by atoms with van der Waals surface area (Å²) in [6.07, 6.45) is 1.71. The molecular formula is C18H25F2N3O3S. The smallest absolute Gasteiger partial charge is 0.246 e. The first kappa shape index (κ1) is 20.2. The van der Waals surface area contributed by atoms with Crippen molar-refractivity contribution in [2.24, 2.45) is 5.92 Å². The summed E-state index contributed by atoms with van der Waals surface area (Å²) in [5.41, 5.74) is 0. The number of halogens is 2. The highest BCUT2D eigenvalue weighted by molar-refractivity contribution is 7.89. The van der Waals surface area contributed by atoms with Crippen molar-refractivity contribution in [1.82, 2.24) is 14.1 Å². The van der Waals surface area contributed by atoms with Gasteiger partial charge in [0.1, 0.15) is 16.5 Å². The summed E-state index contributed by atoms with van der Waals surface area (Å²) >= 11 is 0. The van der Waals surface area contributed by atoms with Crippen LogP contribution in [0.5, 0.6) is 0 Å². The Morgan fingerprint density at radius 3 is 2.44 bits per heavy atom. The van der Waals surface area contributed by atoms with Gasteiger partial charge in [0.2, 0.25) is 15.9 Å². The monoisotopic (exact) mass is 401 g/mol. The molecule has 2 heterocycles. The number of hydrogen-bond acceptors (Lipinski definition) is 4. The Labute approximate surface area is 158 Å². The van der Waals surface area contributed by atoms with Gasteiger partial charge in [0.15, 0.2) is 0 Å². The van der Waals surface area contributed by atoms with Crippen LogP contribution in [0.4, 0.5) is 8.78 Å². The quantitative estimate of drug-likeness (QED) is 0.771. The molecule has 0 radical (unpaired) electrons. The Morgan fingerprint density at radius 1 is 1.04 bits per heavy atom.